The highest BCUT2D eigenvalue weighted by atomic mass is 19.1. The average molecular weight is 369 g/mol. The number of alkyl halides is 1. The molecule has 2 aliphatic heterocycles. The monoisotopic (exact) mass is 369 g/mol. The summed E-state index contributed by atoms with van der Waals surface area (Å²) in [5.41, 5.74) is 7.02. The van der Waals surface area contributed by atoms with Crippen LogP contribution in [-0.2, 0) is 19.4 Å². The number of halogens is 1. The van der Waals surface area contributed by atoms with Gasteiger partial charge in [-0.05, 0) is 53.5 Å². The first kappa shape index (κ1) is 18.4. The van der Waals surface area contributed by atoms with Gasteiger partial charge in [0, 0.05) is 44.6 Å². The lowest BCUT2D eigenvalue weighted by Crippen LogP contribution is -2.34. The van der Waals surface area contributed by atoms with E-state index >= 15 is 0 Å². The number of hydrogen-bond acceptors (Lipinski definition) is 4. The van der Waals surface area contributed by atoms with E-state index in [1.165, 1.54) is 16.7 Å². The maximum Gasteiger partial charge on any atom is 0.219 e. The van der Waals surface area contributed by atoms with E-state index in [1.807, 2.05) is 25.5 Å². The Hall–Kier alpha value is -2.01. The van der Waals surface area contributed by atoms with Crippen molar-refractivity contribution < 1.29 is 9.13 Å². The molecule has 0 bridgehead atoms. The van der Waals surface area contributed by atoms with E-state index in [2.05, 4.69) is 28.7 Å². The van der Waals surface area contributed by atoms with Crippen LogP contribution in [0.2, 0.25) is 0 Å². The number of rotatable bonds is 4. The van der Waals surface area contributed by atoms with Crippen molar-refractivity contribution in [3.05, 3.63) is 52.0 Å². The standard InChI is InChI=1S/C22H28FN3O/c1-4-16-9-24-10-17-13-26(7-5-18(16)17)12-14(2)19-11-25-22-21(15(19)3)20(23)6-8-27-22/h9-11,14,20H,4-8,12-13H2,1-3H3. The van der Waals surface area contributed by atoms with Crippen LogP contribution >= 0.6 is 0 Å². The number of pyridine rings is 2. The lowest BCUT2D eigenvalue weighted by atomic mass is 9.90. The van der Waals surface area contributed by atoms with Crippen LogP contribution in [0.25, 0.3) is 0 Å². The van der Waals surface area contributed by atoms with Crippen LogP contribution in [0, 0.1) is 6.92 Å². The Labute approximate surface area is 160 Å². The maximum absolute atomic E-state index is 14.4. The molecule has 0 aromatic carbocycles. The van der Waals surface area contributed by atoms with E-state index in [0.29, 0.717) is 30.4 Å². The normalized spacial score (nSPS) is 20.5. The second kappa shape index (κ2) is 7.55. The second-order valence-corrected chi connectivity index (χ2v) is 7.84. The Balaban J connectivity index is 1.52. The molecule has 0 radical (unpaired) electrons. The zero-order valence-corrected chi connectivity index (χ0v) is 16.5. The molecular formula is C22H28FN3O. The molecule has 4 nitrogen and oxygen atoms in total. The lowest BCUT2D eigenvalue weighted by Gasteiger charge is -2.32. The van der Waals surface area contributed by atoms with Crippen molar-refractivity contribution in [2.45, 2.75) is 58.7 Å². The topological polar surface area (TPSA) is 38.2 Å². The second-order valence-electron chi connectivity index (χ2n) is 7.84. The zero-order valence-electron chi connectivity index (χ0n) is 16.5. The first-order valence-electron chi connectivity index (χ1n) is 10.0. The van der Waals surface area contributed by atoms with Gasteiger partial charge in [0.2, 0.25) is 5.88 Å². The fraction of sp³-hybridized carbons (Fsp3) is 0.545. The molecule has 0 fully saturated rings. The lowest BCUT2D eigenvalue weighted by molar-refractivity contribution is 0.191. The van der Waals surface area contributed by atoms with Crippen molar-refractivity contribution in [3.63, 3.8) is 0 Å². The highest BCUT2D eigenvalue weighted by Crippen LogP contribution is 2.38. The Kier molecular flexibility index (Phi) is 5.13. The van der Waals surface area contributed by atoms with Crippen LogP contribution in [0.3, 0.4) is 0 Å². The Morgan fingerprint density at radius 2 is 2.19 bits per heavy atom. The van der Waals surface area contributed by atoms with Crippen molar-refractivity contribution >= 4 is 0 Å². The molecule has 0 saturated carbocycles. The molecule has 0 saturated heterocycles. The number of nitrogens with zero attached hydrogens (tertiary/aromatic N) is 3. The summed E-state index contributed by atoms with van der Waals surface area (Å²) in [6.45, 7) is 9.76. The molecule has 0 spiro atoms. The molecule has 2 unspecified atom stereocenters. The summed E-state index contributed by atoms with van der Waals surface area (Å²) < 4.78 is 20.0. The van der Waals surface area contributed by atoms with Gasteiger partial charge in [-0.1, -0.05) is 13.8 Å². The van der Waals surface area contributed by atoms with Gasteiger partial charge in [0.1, 0.15) is 6.17 Å². The van der Waals surface area contributed by atoms with Crippen LogP contribution in [0.15, 0.2) is 18.6 Å². The summed E-state index contributed by atoms with van der Waals surface area (Å²) >= 11 is 0. The highest BCUT2D eigenvalue weighted by Gasteiger charge is 2.28. The first-order valence-corrected chi connectivity index (χ1v) is 10.0. The van der Waals surface area contributed by atoms with Gasteiger partial charge in [0.05, 0.1) is 12.2 Å². The first-order chi connectivity index (χ1) is 13.1. The quantitative estimate of drug-likeness (QED) is 0.805. The van der Waals surface area contributed by atoms with Gasteiger partial charge in [-0.15, -0.1) is 0 Å². The van der Waals surface area contributed by atoms with Gasteiger partial charge in [0.25, 0.3) is 0 Å². The summed E-state index contributed by atoms with van der Waals surface area (Å²) in [5, 5.41) is 0. The molecule has 2 atom stereocenters. The summed E-state index contributed by atoms with van der Waals surface area (Å²) in [7, 11) is 0. The zero-order chi connectivity index (χ0) is 19.0. The number of ether oxygens (including phenoxy) is 1. The molecule has 4 rings (SSSR count). The van der Waals surface area contributed by atoms with Gasteiger partial charge >= 0.3 is 0 Å². The van der Waals surface area contributed by atoms with Crippen molar-refractivity contribution in [1.29, 1.82) is 0 Å². The highest BCUT2D eigenvalue weighted by molar-refractivity contribution is 5.43. The molecule has 0 N–H and O–H groups in total. The van der Waals surface area contributed by atoms with E-state index in [-0.39, 0.29) is 0 Å². The van der Waals surface area contributed by atoms with Crippen LogP contribution in [-0.4, -0.2) is 34.6 Å². The summed E-state index contributed by atoms with van der Waals surface area (Å²) in [4.78, 5) is 11.3. The van der Waals surface area contributed by atoms with Gasteiger partial charge in [-0.3, -0.25) is 9.88 Å². The molecular weight excluding hydrogens is 341 g/mol. The van der Waals surface area contributed by atoms with Gasteiger partial charge in [0.15, 0.2) is 0 Å². The van der Waals surface area contributed by atoms with Crippen molar-refractivity contribution in [2.75, 3.05) is 19.7 Å². The van der Waals surface area contributed by atoms with E-state index in [9.17, 15) is 4.39 Å². The number of hydrogen-bond donors (Lipinski definition) is 0. The fourth-order valence-corrected chi connectivity index (χ4v) is 4.57. The van der Waals surface area contributed by atoms with E-state index in [0.717, 1.165) is 43.6 Å². The van der Waals surface area contributed by atoms with Crippen molar-refractivity contribution in [3.8, 4) is 5.88 Å². The van der Waals surface area contributed by atoms with Crippen LogP contribution < -0.4 is 4.74 Å². The van der Waals surface area contributed by atoms with E-state index in [4.69, 9.17) is 4.74 Å². The summed E-state index contributed by atoms with van der Waals surface area (Å²) in [6.07, 6.45) is 7.48. The molecule has 2 aromatic rings. The Morgan fingerprint density at radius 1 is 1.33 bits per heavy atom. The molecule has 2 aliphatic rings. The molecule has 144 valence electrons. The predicted octanol–water partition coefficient (Wildman–Crippen LogP) is 4.30. The molecule has 4 heterocycles. The third-order valence-electron chi connectivity index (χ3n) is 6.06. The maximum atomic E-state index is 14.4. The largest absolute Gasteiger partial charge is 0.477 e. The molecule has 27 heavy (non-hydrogen) atoms. The Bertz CT molecular complexity index is 839. The minimum absolute atomic E-state index is 0.292. The summed E-state index contributed by atoms with van der Waals surface area (Å²) in [6, 6.07) is 0. The molecule has 0 aliphatic carbocycles. The number of aromatic nitrogens is 2. The number of aryl methyl sites for hydroxylation is 1. The van der Waals surface area contributed by atoms with Crippen LogP contribution in [0.1, 0.15) is 65.7 Å². The Morgan fingerprint density at radius 3 is 3.00 bits per heavy atom. The predicted molar refractivity (Wildman–Crippen MR) is 104 cm³/mol. The van der Waals surface area contributed by atoms with Crippen LogP contribution in [0.5, 0.6) is 5.88 Å². The molecule has 5 heteroatoms. The smallest absolute Gasteiger partial charge is 0.219 e. The van der Waals surface area contributed by atoms with E-state index in [1.54, 1.807) is 0 Å². The molecule has 0 amide bonds. The minimum Gasteiger partial charge on any atom is -0.477 e. The van der Waals surface area contributed by atoms with E-state index < -0.39 is 6.17 Å². The fourth-order valence-electron chi connectivity index (χ4n) is 4.57. The third-order valence-corrected chi connectivity index (χ3v) is 6.06. The van der Waals surface area contributed by atoms with Gasteiger partial charge in [-0.2, -0.15) is 0 Å². The average Bonchev–Trinajstić information content (AvgIpc) is 2.67. The van der Waals surface area contributed by atoms with Crippen LogP contribution in [0.4, 0.5) is 4.39 Å². The molecule has 2 aromatic heterocycles. The van der Waals surface area contributed by atoms with Crippen molar-refractivity contribution in [2.24, 2.45) is 0 Å². The number of fused-ring (bicyclic) bond motifs is 2. The van der Waals surface area contributed by atoms with Crippen molar-refractivity contribution in [1.82, 2.24) is 14.9 Å². The van der Waals surface area contributed by atoms with Gasteiger partial charge in [-0.25, -0.2) is 9.37 Å². The summed E-state index contributed by atoms with van der Waals surface area (Å²) in [5.74, 6) is 0.771. The van der Waals surface area contributed by atoms with Gasteiger partial charge < -0.3 is 4.74 Å². The minimum atomic E-state index is -0.964. The third kappa shape index (κ3) is 3.45. The SMILES string of the molecule is CCc1cncc2c1CCN(CC(C)c1cnc3c(c1C)C(F)CCO3)C2.